The maximum Gasteiger partial charge on any atom is -0.00844 e. The predicted molar refractivity (Wildman–Crippen MR) is 92.1 cm³/mol. The molecule has 0 amide bonds. The summed E-state index contributed by atoms with van der Waals surface area (Å²) < 4.78 is 0. The van der Waals surface area contributed by atoms with Crippen molar-refractivity contribution in [3.8, 4) is 0 Å². The van der Waals surface area contributed by atoms with Gasteiger partial charge in [0.15, 0.2) is 0 Å². The molecule has 2 bridgehead atoms. The van der Waals surface area contributed by atoms with Crippen LogP contribution in [0.5, 0.6) is 0 Å². The summed E-state index contributed by atoms with van der Waals surface area (Å²) in [5, 5.41) is 0. The van der Waals surface area contributed by atoms with Crippen molar-refractivity contribution in [3.63, 3.8) is 0 Å². The molecule has 0 aliphatic heterocycles. The molecular weight excluding hydrogens is 252 g/mol. The first-order valence-corrected chi connectivity index (χ1v) is 9.37. The van der Waals surface area contributed by atoms with E-state index in [-0.39, 0.29) is 0 Å². The lowest BCUT2D eigenvalue weighted by molar-refractivity contribution is -0.0226. The van der Waals surface area contributed by atoms with E-state index in [1.165, 1.54) is 32.1 Å². The number of hydrogen-bond acceptors (Lipinski definition) is 0. The average Bonchev–Trinajstić information content (AvgIpc) is 2.89. The lowest BCUT2D eigenvalue weighted by Gasteiger charge is -2.57. The van der Waals surface area contributed by atoms with Gasteiger partial charge in [0.2, 0.25) is 0 Å². The molecule has 3 rings (SSSR count). The first-order chi connectivity index (χ1) is 9.67. The Labute approximate surface area is 132 Å². The van der Waals surface area contributed by atoms with Gasteiger partial charge in [-0.25, -0.2) is 0 Å². The lowest BCUT2D eigenvalue weighted by Crippen LogP contribution is -2.49. The van der Waals surface area contributed by atoms with E-state index in [0.717, 1.165) is 23.7 Å². The van der Waals surface area contributed by atoms with Crippen LogP contribution in [0.3, 0.4) is 0 Å². The third-order valence-corrected chi connectivity index (χ3v) is 8.10. The summed E-state index contributed by atoms with van der Waals surface area (Å²) in [5.41, 5.74) is 3.48. The highest BCUT2D eigenvalue weighted by Crippen LogP contribution is 2.76. The van der Waals surface area contributed by atoms with E-state index >= 15 is 0 Å². The van der Waals surface area contributed by atoms with Crippen LogP contribution in [0, 0.1) is 39.9 Å². The summed E-state index contributed by atoms with van der Waals surface area (Å²) in [6.45, 7) is 17.6. The van der Waals surface area contributed by atoms with Crippen molar-refractivity contribution >= 4 is 0 Å². The summed E-state index contributed by atoms with van der Waals surface area (Å²) in [6.07, 6.45) is 9.79. The fourth-order valence-corrected chi connectivity index (χ4v) is 6.83. The number of rotatable bonds is 3. The van der Waals surface area contributed by atoms with Crippen LogP contribution >= 0.6 is 0 Å². The Morgan fingerprint density at radius 3 is 2.43 bits per heavy atom. The molecule has 2 saturated carbocycles. The molecule has 0 aromatic rings. The highest BCUT2D eigenvalue weighted by Gasteiger charge is 2.68. The van der Waals surface area contributed by atoms with Crippen LogP contribution in [-0.4, -0.2) is 0 Å². The molecule has 2 fully saturated rings. The van der Waals surface area contributed by atoms with Gasteiger partial charge in [-0.3, -0.25) is 0 Å². The molecule has 0 heteroatoms. The zero-order chi connectivity index (χ0) is 15.6. The molecule has 4 atom stereocenters. The van der Waals surface area contributed by atoms with Gasteiger partial charge >= 0.3 is 0 Å². The number of allylic oxidation sites excluding steroid dienone is 2. The van der Waals surface area contributed by atoms with Crippen LogP contribution in [0.25, 0.3) is 0 Å². The minimum Gasteiger partial charge on any atom is -0.0842 e. The molecule has 21 heavy (non-hydrogen) atoms. The second-order valence-corrected chi connectivity index (χ2v) is 9.90. The van der Waals surface area contributed by atoms with Crippen LogP contribution in [-0.2, 0) is 0 Å². The number of hydrogen-bond donors (Lipinski definition) is 0. The molecule has 1 spiro atoms. The first-order valence-electron chi connectivity index (χ1n) is 9.37. The van der Waals surface area contributed by atoms with Gasteiger partial charge in [-0.2, -0.15) is 0 Å². The van der Waals surface area contributed by atoms with Gasteiger partial charge < -0.3 is 0 Å². The SMILES string of the molecule is CCC(C1=CCC(C)(C)C23CCC(C2)C(C)(C)C13)C(C)C. The molecule has 4 unspecified atom stereocenters. The summed E-state index contributed by atoms with van der Waals surface area (Å²) in [6, 6.07) is 0. The summed E-state index contributed by atoms with van der Waals surface area (Å²) in [5.74, 6) is 3.41. The molecule has 0 saturated heterocycles. The van der Waals surface area contributed by atoms with Crippen LogP contribution in [0.15, 0.2) is 11.6 Å². The van der Waals surface area contributed by atoms with Crippen molar-refractivity contribution in [2.75, 3.05) is 0 Å². The third kappa shape index (κ3) is 1.86. The van der Waals surface area contributed by atoms with Crippen LogP contribution in [0.4, 0.5) is 0 Å². The summed E-state index contributed by atoms with van der Waals surface area (Å²) in [4.78, 5) is 0. The molecule has 3 aliphatic carbocycles. The van der Waals surface area contributed by atoms with Gasteiger partial charge in [-0.1, -0.05) is 60.1 Å². The van der Waals surface area contributed by atoms with Crippen molar-refractivity contribution in [1.29, 1.82) is 0 Å². The fourth-order valence-electron chi connectivity index (χ4n) is 6.83. The molecule has 0 aromatic heterocycles. The van der Waals surface area contributed by atoms with Gasteiger partial charge in [-0.15, -0.1) is 0 Å². The van der Waals surface area contributed by atoms with Crippen molar-refractivity contribution in [2.24, 2.45) is 39.9 Å². The molecule has 0 N–H and O–H groups in total. The summed E-state index contributed by atoms with van der Waals surface area (Å²) in [7, 11) is 0. The number of fused-ring (bicyclic) bond motifs is 1. The molecule has 0 aromatic carbocycles. The maximum absolute atomic E-state index is 2.69. The topological polar surface area (TPSA) is 0 Å². The van der Waals surface area contributed by atoms with Gasteiger partial charge in [0.25, 0.3) is 0 Å². The quantitative estimate of drug-likeness (QED) is 0.522. The normalized spacial score (nSPS) is 41.0. The predicted octanol–water partition coefficient (Wildman–Crippen LogP) is 6.47. The largest absolute Gasteiger partial charge is 0.0842 e. The Balaban J connectivity index is 2.10. The zero-order valence-electron chi connectivity index (χ0n) is 15.4. The monoisotopic (exact) mass is 288 g/mol. The Bertz CT molecular complexity index is 451. The minimum atomic E-state index is 0.499. The first kappa shape index (κ1) is 15.6. The van der Waals surface area contributed by atoms with Gasteiger partial charge in [-0.05, 0) is 72.0 Å². The highest BCUT2D eigenvalue weighted by molar-refractivity contribution is 5.31. The molecule has 120 valence electrons. The van der Waals surface area contributed by atoms with Gasteiger partial charge in [0, 0.05) is 0 Å². The van der Waals surface area contributed by atoms with Crippen molar-refractivity contribution in [3.05, 3.63) is 11.6 Å². The van der Waals surface area contributed by atoms with Crippen molar-refractivity contribution in [2.45, 2.75) is 80.6 Å². The highest BCUT2D eigenvalue weighted by atomic mass is 14.7. The minimum absolute atomic E-state index is 0.499. The molecule has 3 aliphatic rings. The van der Waals surface area contributed by atoms with Crippen LogP contribution in [0.1, 0.15) is 80.6 Å². The second kappa shape index (κ2) is 4.62. The van der Waals surface area contributed by atoms with E-state index in [1.807, 2.05) is 5.57 Å². The average molecular weight is 289 g/mol. The van der Waals surface area contributed by atoms with E-state index in [2.05, 4.69) is 54.5 Å². The van der Waals surface area contributed by atoms with Crippen molar-refractivity contribution in [1.82, 2.24) is 0 Å². The van der Waals surface area contributed by atoms with E-state index in [1.54, 1.807) is 0 Å². The Morgan fingerprint density at radius 1 is 1.19 bits per heavy atom. The Kier molecular flexibility index (Phi) is 3.44. The maximum atomic E-state index is 2.69. The van der Waals surface area contributed by atoms with Crippen molar-refractivity contribution < 1.29 is 0 Å². The van der Waals surface area contributed by atoms with Crippen LogP contribution in [0.2, 0.25) is 0 Å². The van der Waals surface area contributed by atoms with Gasteiger partial charge in [0.05, 0.1) is 0 Å². The zero-order valence-corrected chi connectivity index (χ0v) is 15.4. The molecule has 0 heterocycles. The Morgan fingerprint density at radius 2 is 1.86 bits per heavy atom. The molecule has 0 radical (unpaired) electrons. The fraction of sp³-hybridized carbons (Fsp3) is 0.905. The van der Waals surface area contributed by atoms with E-state index in [9.17, 15) is 0 Å². The van der Waals surface area contributed by atoms with E-state index in [4.69, 9.17) is 0 Å². The lowest BCUT2D eigenvalue weighted by atomic mass is 9.47. The Hall–Kier alpha value is -0.260. The summed E-state index contributed by atoms with van der Waals surface area (Å²) >= 11 is 0. The molecular formula is C21H36. The van der Waals surface area contributed by atoms with Crippen LogP contribution < -0.4 is 0 Å². The van der Waals surface area contributed by atoms with E-state index < -0.39 is 0 Å². The standard InChI is InChI=1S/C21H36/c1-8-16(14(2)3)17-10-11-19(4,5)21-12-9-15(13-21)20(6,7)18(17)21/h10,14-16,18H,8-9,11-13H2,1-7H3. The molecule has 0 nitrogen and oxygen atoms in total. The smallest absolute Gasteiger partial charge is 0.00844 e. The third-order valence-electron chi connectivity index (χ3n) is 8.10. The van der Waals surface area contributed by atoms with Gasteiger partial charge in [0.1, 0.15) is 0 Å². The van der Waals surface area contributed by atoms with E-state index in [0.29, 0.717) is 16.2 Å². The second-order valence-electron chi connectivity index (χ2n) is 9.90.